The van der Waals surface area contributed by atoms with Crippen LogP contribution in [-0.4, -0.2) is 48.6 Å². The highest BCUT2D eigenvalue weighted by Crippen LogP contribution is 2.30. The number of carbonyl (C=O) groups is 2. The molecule has 1 aliphatic heterocycles. The Hall–Kier alpha value is -1.10. The minimum Gasteiger partial charge on any atom is -0.382 e. The third-order valence-electron chi connectivity index (χ3n) is 4.33. The lowest BCUT2D eigenvalue weighted by Crippen LogP contribution is -2.55. The largest absolute Gasteiger partial charge is 0.382 e. The maximum atomic E-state index is 12.4. The van der Waals surface area contributed by atoms with E-state index in [-0.39, 0.29) is 23.4 Å². The van der Waals surface area contributed by atoms with Crippen molar-refractivity contribution in [2.75, 3.05) is 20.3 Å². The van der Waals surface area contributed by atoms with E-state index in [0.717, 1.165) is 32.1 Å². The fraction of sp³-hybridized carbons (Fsp3) is 0.857. The Balaban J connectivity index is 1.97. The molecule has 19 heavy (non-hydrogen) atoms. The summed E-state index contributed by atoms with van der Waals surface area (Å²) in [6.45, 7) is 3.07. The SMILES string of the molecule is COCC1(NC(=O)[C@H](C)N2CCCC2=O)CCCC1. The minimum atomic E-state index is -0.371. The first-order chi connectivity index (χ1) is 9.08. The summed E-state index contributed by atoms with van der Waals surface area (Å²) in [6, 6.07) is -0.371. The predicted molar refractivity (Wildman–Crippen MR) is 71.6 cm³/mol. The number of nitrogens with zero attached hydrogens (tertiary/aromatic N) is 1. The van der Waals surface area contributed by atoms with Gasteiger partial charge in [0.15, 0.2) is 0 Å². The second kappa shape index (κ2) is 5.90. The first-order valence-electron chi connectivity index (χ1n) is 7.18. The van der Waals surface area contributed by atoms with E-state index in [1.807, 2.05) is 6.92 Å². The van der Waals surface area contributed by atoms with E-state index >= 15 is 0 Å². The Morgan fingerprint density at radius 1 is 1.42 bits per heavy atom. The molecule has 0 aromatic carbocycles. The summed E-state index contributed by atoms with van der Waals surface area (Å²) in [6.07, 6.45) is 5.61. The highest BCUT2D eigenvalue weighted by atomic mass is 16.5. The molecule has 1 saturated heterocycles. The zero-order chi connectivity index (χ0) is 13.9. The van der Waals surface area contributed by atoms with E-state index in [4.69, 9.17) is 4.74 Å². The molecule has 2 amide bonds. The molecule has 0 aromatic heterocycles. The molecule has 1 atom stereocenters. The van der Waals surface area contributed by atoms with Gasteiger partial charge in [0.05, 0.1) is 12.1 Å². The highest BCUT2D eigenvalue weighted by Gasteiger charge is 2.38. The molecule has 0 spiro atoms. The molecular formula is C14H24N2O3. The molecule has 2 rings (SSSR count). The Kier molecular flexibility index (Phi) is 4.45. The standard InChI is InChI=1S/C14H24N2O3/c1-11(16-9-5-6-12(16)17)13(18)15-14(10-19-2)7-3-4-8-14/h11H,3-10H2,1-2H3,(H,15,18)/t11-/m0/s1. The summed E-state index contributed by atoms with van der Waals surface area (Å²) in [4.78, 5) is 25.7. The van der Waals surface area contributed by atoms with Crippen molar-refractivity contribution >= 4 is 11.8 Å². The maximum Gasteiger partial charge on any atom is 0.243 e. The number of amides is 2. The van der Waals surface area contributed by atoms with Crippen LogP contribution in [0, 0.1) is 0 Å². The summed E-state index contributed by atoms with van der Waals surface area (Å²) in [5.41, 5.74) is -0.219. The molecule has 5 heteroatoms. The molecule has 0 radical (unpaired) electrons. The van der Waals surface area contributed by atoms with Gasteiger partial charge in [-0.05, 0) is 26.2 Å². The first-order valence-corrected chi connectivity index (χ1v) is 7.18. The zero-order valence-electron chi connectivity index (χ0n) is 11.9. The van der Waals surface area contributed by atoms with Gasteiger partial charge in [-0.3, -0.25) is 9.59 Å². The van der Waals surface area contributed by atoms with Crippen molar-refractivity contribution in [2.45, 2.75) is 57.0 Å². The van der Waals surface area contributed by atoms with Crippen LogP contribution >= 0.6 is 0 Å². The van der Waals surface area contributed by atoms with Crippen LogP contribution in [0.2, 0.25) is 0 Å². The molecule has 2 aliphatic rings. The van der Waals surface area contributed by atoms with Gasteiger partial charge >= 0.3 is 0 Å². The van der Waals surface area contributed by atoms with Crippen LogP contribution in [0.5, 0.6) is 0 Å². The summed E-state index contributed by atoms with van der Waals surface area (Å²) in [5.74, 6) is 0.0454. The molecule has 108 valence electrons. The summed E-state index contributed by atoms with van der Waals surface area (Å²) >= 11 is 0. The van der Waals surface area contributed by atoms with E-state index in [1.165, 1.54) is 0 Å². The third kappa shape index (κ3) is 3.08. The predicted octanol–water partition coefficient (Wildman–Crippen LogP) is 1.07. The van der Waals surface area contributed by atoms with Crippen LogP contribution in [0.4, 0.5) is 0 Å². The lowest BCUT2D eigenvalue weighted by molar-refractivity contribution is -0.138. The molecule has 1 heterocycles. The number of rotatable bonds is 5. The fourth-order valence-electron chi connectivity index (χ4n) is 3.22. The molecule has 0 bridgehead atoms. The Morgan fingerprint density at radius 2 is 2.11 bits per heavy atom. The summed E-state index contributed by atoms with van der Waals surface area (Å²) in [7, 11) is 1.67. The van der Waals surface area contributed by atoms with Crippen LogP contribution in [0.3, 0.4) is 0 Å². The highest BCUT2D eigenvalue weighted by molar-refractivity contribution is 5.88. The molecule has 0 unspecified atom stereocenters. The van der Waals surface area contributed by atoms with Crippen LogP contribution in [0.1, 0.15) is 45.4 Å². The number of hydrogen-bond donors (Lipinski definition) is 1. The van der Waals surface area contributed by atoms with Gasteiger partial charge in [-0.2, -0.15) is 0 Å². The maximum absolute atomic E-state index is 12.4. The molecule has 5 nitrogen and oxygen atoms in total. The van der Waals surface area contributed by atoms with Crippen molar-refractivity contribution in [3.05, 3.63) is 0 Å². The monoisotopic (exact) mass is 268 g/mol. The quantitative estimate of drug-likeness (QED) is 0.811. The fourth-order valence-corrected chi connectivity index (χ4v) is 3.22. The van der Waals surface area contributed by atoms with E-state index in [9.17, 15) is 9.59 Å². The molecule has 1 aliphatic carbocycles. The summed E-state index contributed by atoms with van der Waals surface area (Å²) in [5, 5.41) is 3.13. The van der Waals surface area contributed by atoms with Gasteiger partial charge < -0.3 is 15.0 Å². The van der Waals surface area contributed by atoms with Crippen LogP contribution < -0.4 is 5.32 Å². The van der Waals surface area contributed by atoms with Gasteiger partial charge in [-0.15, -0.1) is 0 Å². The van der Waals surface area contributed by atoms with E-state index in [1.54, 1.807) is 12.0 Å². The lowest BCUT2D eigenvalue weighted by Gasteiger charge is -2.33. The van der Waals surface area contributed by atoms with Gasteiger partial charge in [0, 0.05) is 20.1 Å². The van der Waals surface area contributed by atoms with Crippen LogP contribution in [0.25, 0.3) is 0 Å². The van der Waals surface area contributed by atoms with Gasteiger partial charge in [0.25, 0.3) is 0 Å². The van der Waals surface area contributed by atoms with Crippen molar-refractivity contribution in [1.29, 1.82) is 0 Å². The van der Waals surface area contributed by atoms with Crippen LogP contribution in [-0.2, 0) is 14.3 Å². The number of ether oxygens (including phenoxy) is 1. The molecular weight excluding hydrogens is 244 g/mol. The summed E-state index contributed by atoms with van der Waals surface area (Å²) < 4.78 is 5.26. The lowest BCUT2D eigenvalue weighted by atomic mass is 9.98. The Labute approximate surface area is 114 Å². The van der Waals surface area contributed by atoms with E-state index in [0.29, 0.717) is 19.6 Å². The Bertz CT molecular complexity index is 351. The second-order valence-electron chi connectivity index (χ2n) is 5.78. The number of nitrogens with one attached hydrogen (secondary N) is 1. The van der Waals surface area contributed by atoms with Crippen molar-refractivity contribution in [3.8, 4) is 0 Å². The number of hydrogen-bond acceptors (Lipinski definition) is 3. The van der Waals surface area contributed by atoms with Crippen LogP contribution in [0.15, 0.2) is 0 Å². The number of methoxy groups -OCH3 is 1. The van der Waals surface area contributed by atoms with Gasteiger partial charge in [0.1, 0.15) is 6.04 Å². The third-order valence-corrected chi connectivity index (χ3v) is 4.33. The number of likely N-dealkylation sites (tertiary alicyclic amines) is 1. The molecule has 2 fully saturated rings. The van der Waals surface area contributed by atoms with Crippen molar-refractivity contribution in [3.63, 3.8) is 0 Å². The number of carbonyl (C=O) groups excluding carboxylic acids is 2. The van der Waals surface area contributed by atoms with E-state index in [2.05, 4.69) is 5.32 Å². The van der Waals surface area contributed by atoms with E-state index < -0.39 is 0 Å². The normalized spacial score (nSPS) is 23.7. The minimum absolute atomic E-state index is 0.0470. The van der Waals surface area contributed by atoms with Gasteiger partial charge in [0.2, 0.25) is 11.8 Å². The average molecular weight is 268 g/mol. The Morgan fingerprint density at radius 3 is 2.63 bits per heavy atom. The van der Waals surface area contributed by atoms with Crippen molar-refractivity contribution in [2.24, 2.45) is 0 Å². The first kappa shape index (κ1) is 14.3. The smallest absolute Gasteiger partial charge is 0.243 e. The van der Waals surface area contributed by atoms with Gasteiger partial charge in [-0.1, -0.05) is 12.8 Å². The zero-order valence-corrected chi connectivity index (χ0v) is 11.9. The van der Waals surface area contributed by atoms with Gasteiger partial charge in [-0.25, -0.2) is 0 Å². The molecule has 0 aromatic rings. The second-order valence-corrected chi connectivity index (χ2v) is 5.78. The molecule has 1 N–H and O–H groups in total. The average Bonchev–Trinajstić information content (AvgIpc) is 2.98. The van der Waals surface area contributed by atoms with Crippen molar-refractivity contribution < 1.29 is 14.3 Å². The topological polar surface area (TPSA) is 58.6 Å². The van der Waals surface area contributed by atoms with Crippen molar-refractivity contribution in [1.82, 2.24) is 10.2 Å². The molecule has 1 saturated carbocycles.